The van der Waals surface area contributed by atoms with Crippen LogP contribution in [-0.4, -0.2) is 28.6 Å². The second-order valence-corrected chi connectivity index (χ2v) is 7.48. The Balaban J connectivity index is 1.70. The lowest BCUT2D eigenvalue weighted by atomic mass is 10.2. The van der Waals surface area contributed by atoms with Crippen molar-refractivity contribution >= 4 is 28.3 Å². The summed E-state index contributed by atoms with van der Waals surface area (Å²) in [7, 11) is 0. The van der Waals surface area contributed by atoms with E-state index in [2.05, 4.69) is 20.2 Å². The maximum Gasteiger partial charge on any atom is 0.435 e. The normalized spacial score (nSPS) is 11.3. The SMILES string of the molecule is CCOC(=O)c1sc(NC(=O)c2ccc(OCc3c(C)noc3C)cc2)nc1C(F)(F)F. The second kappa shape index (κ2) is 9.39. The van der Waals surface area contributed by atoms with Crippen LogP contribution in [0.5, 0.6) is 5.75 Å². The van der Waals surface area contributed by atoms with Crippen LogP contribution >= 0.6 is 11.3 Å². The van der Waals surface area contributed by atoms with Crippen LogP contribution in [0.1, 0.15) is 49.7 Å². The van der Waals surface area contributed by atoms with Gasteiger partial charge in [0.2, 0.25) is 0 Å². The number of anilines is 1. The van der Waals surface area contributed by atoms with Crippen molar-refractivity contribution in [3.05, 3.63) is 57.4 Å². The van der Waals surface area contributed by atoms with E-state index >= 15 is 0 Å². The summed E-state index contributed by atoms with van der Waals surface area (Å²) in [6, 6.07) is 5.98. The van der Waals surface area contributed by atoms with E-state index in [9.17, 15) is 22.8 Å². The topological polar surface area (TPSA) is 104 Å². The fourth-order valence-corrected chi connectivity index (χ4v) is 3.51. The van der Waals surface area contributed by atoms with E-state index in [0.717, 1.165) is 5.56 Å². The molecule has 1 aromatic carbocycles. The molecule has 0 aliphatic rings. The number of hydrogen-bond acceptors (Lipinski definition) is 8. The van der Waals surface area contributed by atoms with E-state index in [1.807, 2.05) is 0 Å². The molecule has 0 atom stereocenters. The molecule has 0 saturated heterocycles. The first kappa shape index (κ1) is 23.3. The zero-order chi connectivity index (χ0) is 23.5. The van der Waals surface area contributed by atoms with Crippen molar-refractivity contribution in [1.29, 1.82) is 0 Å². The van der Waals surface area contributed by atoms with Gasteiger partial charge in [-0.2, -0.15) is 13.2 Å². The molecule has 32 heavy (non-hydrogen) atoms. The third-order valence-electron chi connectivity index (χ3n) is 4.26. The Morgan fingerprint density at radius 2 is 1.88 bits per heavy atom. The summed E-state index contributed by atoms with van der Waals surface area (Å²) >= 11 is 0.393. The Morgan fingerprint density at radius 3 is 2.44 bits per heavy atom. The highest BCUT2D eigenvalue weighted by Gasteiger charge is 2.40. The van der Waals surface area contributed by atoms with Crippen molar-refractivity contribution in [2.45, 2.75) is 33.6 Å². The van der Waals surface area contributed by atoms with E-state index < -0.39 is 28.6 Å². The minimum absolute atomic E-state index is 0.0968. The van der Waals surface area contributed by atoms with Gasteiger partial charge in [0.25, 0.3) is 5.91 Å². The van der Waals surface area contributed by atoms with E-state index in [1.165, 1.54) is 19.1 Å². The smallest absolute Gasteiger partial charge is 0.435 e. The molecule has 2 heterocycles. The van der Waals surface area contributed by atoms with Crippen LogP contribution in [-0.2, 0) is 17.5 Å². The van der Waals surface area contributed by atoms with Crippen LogP contribution in [0.25, 0.3) is 0 Å². The number of benzene rings is 1. The summed E-state index contributed by atoms with van der Waals surface area (Å²) < 4.78 is 54.9. The average molecular weight is 469 g/mol. The van der Waals surface area contributed by atoms with Crippen molar-refractivity contribution in [2.75, 3.05) is 11.9 Å². The van der Waals surface area contributed by atoms with Gasteiger partial charge in [-0.15, -0.1) is 0 Å². The largest absolute Gasteiger partial charge is 0.489 e. The first-order valence-corrected chi connectivity index (χ1v) is 10.1. The highest BCUT2D eigenvalue weighted by molar-refractivity contribution is 7.17. The Morgan fingerprint density at radius 1 is 1.19 bits per heavy atom. The van der Waals surface area contributed by atoms with Crippen molar-refractivity contribution in [3.8, 4) is 5.75 Å². The molecule has 1 N–H and O–H groups in total. The molecule has 0 aliphatic heterocycles. The van der Waals surface area contributed by atoms with Crippen molar-refractivity contribution in [1.82, 2.24) is 10.1 Å². The van der Waals surface area contributed by atoms with E-state index in [4.69, 9.17) is 9.26 Å². The standard InChI is InChI=1S/C20H18F3N3O5S/c1-4-29-18(28)15-16(20(21,22)23)24-19(32-15)25-17(27)12-5-7-13(8-6-12)30-9-14-10(2)26-31-11(14)3/h5-8H,4,9H2,1-3H3,(H,24,25,27). The van der Waals surface area contributed by atoms with Gasteiger partial charge in [0.15, 0.2) is 10.8 Å². The van der Waals surface area contributed by atoms with Crippen LogP contribution < -0.4 is 10.1 Å². The third-order valence-corrected chi connectivity index (χ3v) is 5.21. The van der Waals surface area contributed by atoms with Crippen LogP contribution in [0.4, 0.5) is 18.3 Å². The van der Waals surface area contributed by atoms with Gasteiger partial charge >= 0.3 is 12.1 Å². The van der Waals surface area contributed by atoms with Gasteiger partial charge in [-0.05, 0) is 45.0 Å². The zero-order valence-corrected chi connectivity index (χ0v) is 18.0. The van der Waals surface area contributed by atoms with Crippen molar-refractivity contribution < 1.29 is 36.8 Å². The van der Waals surface area contributed by atoms with Crippen molar-refractivity contribution in [2.24, 2.45) is 0 Å². The highest BCUT2D eigenvalue weighted by atomic mass is 32.1. The number of halogens is 3. The summed E-state index contributed by atoms with van der Waals surface area (Å²) in [5, 5.41) is 5.74. The Labute approximate surface area is 184 Å². The van der Waals surface area contributed by atoms with Gasteiger partial charge < -0.3 is 14.0 Å². The summed E-state index contributed by atoms with van der Waals surface area (Å²) in [5.74, 6) is -0.736. The lowest BCUT2D eigenvalue weighted by molar-refractivity contribution is -0.141. The number of aryl methyl sites for hydroxylation is 2. The zero-order valence-electron chi connectivity index (χ0n) is 17.2. The summed E-state index contributed by atoms with van der Waals surface area (Å²) in [5.41, 5.74) is 0.284. The number of esters is 1. The molecule has 2 aromatic heterocycles. The molecular formula is C20H18F3N3O5S. The molecule has 0 aliphatic carbocycles. The molecule has 0 unspecified atom stereocenters. The molecule has 3 rings (SSSR count). The van der Waals surface area contributed by atoms with Gasteiger partial charge in [0, 0.05) is 5.56 Å². The van der Waals surface area contributed by atoms with Crippen LogP contribution in [0, 0.1) is 13.8 Å². The molecule has 0 radical (unpaired) electrons. The second-order valence-electron chi connectivity index (χ2n) is 6.48. The van der Waals surface area contributed by atoms with E-state index in [0.29, 0.717) is 28.5 Å². The summed E-state index contributed by atoms with van der Waals surface area (Å²) in [6.07, 6.45) is -4.87. The third kappa shape index (κ3) is 5.25. The Kier molecular flexibility index (Phi) is 6.82. The highest BCUT2D eigenvalue weighted by Crippen LogP contribution is 2.36. The average Bonchev–Trinajstić information content (AvgIpc) is 3.30. The van der Waals surface area contributed by atoms with Crippen molar-refractivity contribution in [3.63, 3.8) is 0 Å². The van der Waals surface area contributed by atoms with Gasteiger partial charge in [-0.3, -0.25) is 10.1 Å². The fourth-order valence-electron chi connectivity index (χ4n) is 2.64. The first-order valence-electron chi connectivity index (χ1n) is 9.31. The first-order chi connectivity index (χ1) is 15.1. The van der Waals surface area contributed by atoms with Crippen LogP contribution in [0.15, 0.2) is 28.8 Å². The number of nitrogens with one attached hydrogen (secondary N) is 1. The maximum absolute atomic E-state index is 13.2. The summed E-state index contributed by atoms with van der Waals surface area (Å²) in [4.78, 5) is 26.9. The monoisotopic (exact) mass is 469 g/mol. The van der Waals surface area contributed by atoms with Crippen LogP contribution in [0.3, 0.4) is 0 Å². The molecule has 0 bridgehead atoms. The molecule has 170 valence electrons. The molecule has 3 aromatic rings. The summed E-state index contributed by atoms with van der Waals surface area (Å²) in [6.45, 7) is 5.15. The maximum atomic E-state index is 13.2. The minimum atomic E-state index is -4.87. The number of alkyl halides is 3. The lowest BCUT2D eigenvalue weighted by Gasteiger charge is -2.07. The lowest BCUT2D eigenvalue weighted by Crippen LogP contribution is -2.14. The predicted molar refractivity (Wildman–Crippen MR) is 108 cm³/mol. The molecule has 0 saturated carbocycles. The molecular weight excluding hydrogens is 451 g/mol. The van der Waals surface area contributed by atoms with Gasteiger partial charge in [0.05, 0.1) is 17.9 Å². The quantitative estimate of drug-likeness (QED) is 0.497. The number of carbonyl (C=O) groups excluding carboxylic acids is 2. The number of ether oxygens (including phenoxy) is 2. The molecule has 0 fully saturated rings. The molecule has 12 heteroatoms. The number of thiazole rings is 1. The number of amides is 1. The fraction of sp³-hybridized carbons (Fsp3) is 0.300. The van der Waals surface area contributed by atoms with Gasteiger partial charge in [-0.25, -0.2) is 9.78 Å². The molecule has 0 spiro atoms. The molecule has 8 nitrogen and oxygen atoms in total. The minimum Gasteiger partial charge on any atom is -0.489 e. The van der Waals surface area contributed by atoms with Gasteiger partial charge in [0.1, 0.15) is 23.0 Å². The predicted octanol–water partition coefficient (Wildman–Crippen LogP) is 4.77. The Bertz CT molecular complexity index is 1100. The number of nitrogens with zero attached hydrogens (tertiary/aromatic N) is 2. The Hall–Kier alpha value is -3.41. The number of aromatic nitrogens is 2. The molecule has 1 amide bonds. The van der Waals surface area contributed by atoms with Crippen LogP contribution in [0.2, 0.25) is 0 Å². The van der Waals surface area contributed by atoms with E-state index in [-0.39, 0.29) is 23.9 Å². The number of hydrogen-bond donors (Lipinski definition) is 1. The van der Waals surface area contributed by atoms with Gasteiger partial charge in [-0.1, -0.05) is 16.5 Å². The number of carbonyl (C=O) groups is 2. The number of rotatable bonds is 7. The van der Waals surface area contributed by atoms with E-state index in [1.54, 1.807) is 26.0 Å².